The van der Waals surface area contributed by atoms with Crippen LogP contribution in [0.25, 0.3) is 0 Å². The highest BCUT2D eigenvalue weighted by Crippen LogP contribution is 2.37. The molecule has 4 rings (SSSR count). The van der Waals surface area contributed by atoms with Crippen LogP contribution in [0, 0.1) is 0 Å². The third-order valence-corrected chi connectivity index (χ3v) is 13.9. The van der Waals surface area contributed by atoms with E-state index in [1.165, 1.54) is 29.6 Å². The van der Waals surface area contributed by atoms with Gasteiger partial charge in [0.05, 0.1) is 12.6 Å². The smallest absolute Gasteiger partial charge is 0.411 e. The molecule has 0 aliphatic carbocycles. The second-order valence-corrected chi connectivity index (χ2v) is 18.5. The van der Waals surface area contributed by atoms with Gasteiger partial charge in [0, 0.05) is 19.6 Å². The van der Waals surface area contributed by atoms with Crippen molar-refractivity contribution in [3.05, 3.63) is 60.7 Å². The van der Waals surface area contributed by atoms with Crippen LogP contribution in [0.2, 0.25) is 5.04 Å². The molecule has 0 saturated carbocycles. The number of ether oxygens (including phenoxy) is 1. The van der Waals surface area contributed by atoms with Gasteiger partial charge in [-0.05, 0) is 75.5 Å². The summed E-state index contributed by atoms with van der Waals surface area (Å²) in [5, 5.41) is 2.32. The summed E-state index contributed by atoms with van der Waals surface area (Å²) >= 11 is 0. The number of rotatable bonds is 9. The zero-order valence-corrected chi connectivity index (χ0v) is 28.5. The van der Waals surface area contributed by atoms with Crippen molar-refractivity contribution in [3.8, 4) is 0 Å². The maximum atomic E-state index is 14.0. The molecule has 43 heavy (non-hydrogen) atoms. The highest BCUT2D eigenvalue weighted by molar-refractivity contribution is 6.99. The first-order chi connectivity index (χ1) is 20.3. The van der Waals surface area contributed by atoms with E-state index in [-0.39, 0.29) is 17.0 Å². The van der Waals surface area contributed by atoms with Crippen LogP contribution in [-0.2, 0) is 14.0 Å². The molecule has 2 amide bonds. The number of hydrogen-bond acceptors (Lipinski definition) is 5. The van der Waals surface area contributed by atoms with Crippen molar-refractivity contribution in [2.24, 2.45) is 0 Å². The van der Waals surface area contributed by atoms with Crippen molar-refractivity contribution in [2.75, 3.05) is 39.3 Å². The maximum Gasteiger partial charge on any atom is 0.411 e. The molecule has 0 bridgehead atoms. The van der Waals surface area contributed by atoms with Crippen molar-refractivity contribution in [2.45, 2.75) is 96.9 Å². The molecule has 2 aromatic carbocycles. The minimum absolute atomic E-state index is 0.0354. The standard InChI is InChI=1S/C35H53N3O4Si/c1-28-32(39)38(26-25-37(28)33(40)42-34(2,3)4)29(21-24-36-22-15-10-16-23-36)27-41-43(35(5,6)7,30-17-11-8-12-18-30)31-19-13-9-14-20-31/h8-9,11-14,17-20,28-29H,10,15-16,21-27H2,1-7H3/t28-,29-/m0/s1. The second-order valence-electron chi connectivity index (χ2n) is 14.2. The predicted molar refractivity (Wildman–Crippen MR) is 176 cm³/mol. The molecule has 2 saturated heterocycles. The van der Waals surface area contributed by atoms with Gasteiger partial charge in [-0.2, -0.15) is 0 Å². The maximum absolute atomic E-state index is 14.0. The topological polar surface area (TPSA) is 62.3 Å². The van der Waals surface area contributed by atoms with Gasteiger partial charge in [-0.25, -0.2) is 4.79 Å². The zero-order valence-electron chi connectivity index (χ0n) is 27.5. The van der Waals surface area contributed by atoms with Crippen LogP contribution in [0.4, 0.5) is 4.79 Å². The Kier molecular flexibility index (Phi) is 10.8. The first-order valence-corrected chi connectivity index (χ1v) is 18.0. The molecular formula is C35H53N3O4Si. The molecular weight excluding hydrogens is 554 g/mol. The lowest BCUT2D eigenvalue weighted by atomic mass is 10.1. The quantitative estimate of drug-likeness (QED) is 0.364. The van der Waals surface area contributed by atoms with E-state index in [0.717, 1.165) is 26.1 Å². The molecule has 8 heteroatoms. The lowest BCUT2D eigenvalue weighted by Gasteiger charge is -2.46. The van der Waals surface area contributed by atoms with Crippen LogP contribution in [0.1, 0.15) is 74.1 Å². The first kappa shape index (κ1) is 33.2. The van der Waals surface area contributed by atoms with Crippen molar-refractivity contribution in [1.82, 2.24) is 14.7 Å². The Morgan fingerprint density at radius 2 is 1.42 bits per heavy atom. The Hall–Kier alpha value is -2.68. The number of amides is 2. The molecule has 2 fully saturated rings. The van der Waals surface area contributed by atoms with Gasteiger partial charge < -0.3 is 19.0 Å². The molecule has 0 unspecified atom stereocenters. The minimum Gasteiger partial charge on any atom is -0.444 e. The normalized spacial score (nSPS) is 19.8. The number of benzene rings is 2. The Morgan fingerprint density at radius 3 is 1.93 bits per heavy atom. The summed E-state index contributed by atoms with van der Waals surface area (Å²) in [5.74, 6) is -0.0354. The van der Waals surface area contributed by atoms with Crippen LogP contribution in [0.15, 0.2) is 60.7 Å². The number of likely N-dealkylation sites (tertiary alicyclic amines) is 1. The average molecular weight is 608 g/mol. The molecule has 0 aromatic heterocycles. The number of carbonyl (C=O) groups excluding carboxylic acids is 2. The van der Waals surface area contributed by atoms with E-state index < -0.39 is 26.1 Å². The highest BCUT2D eigenvalue weighted by atomic mass is 28.4. The van der Waals surface area contributed by atoms with Gasteiger partial charge in [0.1, 0.15) is 11.6 Å². The van der Waals surface area contributed by atoms with Gasteiger partial charge in [-0.3, -0.25) is 9.69 Å². The highest BCUT2D eigenvalue weighted by Gasteiger charge is 2.51. The minimum atomic E-state index is -2.78. The van der Waals surface area contributed by atoms with E-state index in [4.69, 9.17) is 9.16 Å². The second kappa shape index (κ2) is 14.0. The van der Waals surface area contributed by atoms with Gasteiger partial charge in [-0.1, -0.05) is 87.9 Å². The molecule has 2 aromatic rings. The molecule has 2 atom stereocenters. The molecule has 2 aliphatic rings. The van der Waals surface area contributed by atoms with Gasteiger partial charge in [0.15, 0.2) is 0 Å². The van der Waals surface area contributed by atoms with E-state index in [1.54, 1.807) is 4.90 Å². The van der Waals surface area contributed by atoms with E-state index >= 15 is 0 Å². The van der Waals surface area contributed by atoms with E-state index in [0.29, 0.717) is 19.7 Å². The fourth-order valence-electron chi connectivity index (χ4n) is 6.65. The molecule has 2 aliphatic heterocycles. The summed E-state index contributed by atoms with van der Waals surface area (Å²) in [7, 11) is -2.78. The molecule has 0 N–H and O–H groups in total. The van der Waals surface area contributed by atoms with Crippen molar-refractivity contribution in [3.63, 3.8) is 0 Å². The largest absolute Gasteiger partial charge is 0.444 e. The lowest BCUT2D eigenvalue weighted by Crippen LogP contribution is -2.68. The Morgan fingerprint density at radius 1 is 0.860 bits per heavy atom. The van der Waals surface area contributed by atoms with Crippen LogP contribution in [0.3, 0.4) is 0 Å². The fourth-order valence-corrected chi connectivity index (χ4v) is 11.2. The lowest BCUT2D eigenvalue weighted by molar-refractivity contribution is -0.144. The number of piperazine rings is 1. The number of carbonyl (C=O) groups is 2. The van der Waals surface area contributed by atoms with E-state index in [2.05, 4.69) is 86.3 Å². The van der Waals surface area contributed by atoms with Gasteiger partial charge >= 0.3 is 6.09 Å². The van der Waals surface area contributed by atoms with Crippen LogP contribution >= 0.6 is 0 Å². The monoisotopic (exact) mass is 607 g/mol. The third-order valence-electron chi connectivity index (χ3n) is 8.89. The fraction of sp³-hybridized carbons (Fsp3) is 0.600. The van der Waals surface area contributed by atoms with Crippen LogP contribution < -0.4 is 10.4 Å². The third kappa shape index (κ3) is 7.89. The summed E-state index contributed by atoms with van der Waals surface area (Å²) in [6.45, 7) is 18.8. The summed E-state index contributed by atoms with van der Waals surface area (Å²) in [5.41, 5.74) is -0.613. The van der Waals surface area contributed by atoms with Gasteiger partial charge in [0.2, 0.25) is 5.91 Å². The Labute approximate surface area is 260 Å². The van der Waals surface area contributed by atoms with Gasteiger partial charge in [0.25, 0.3) is 8.32 Å². The zero-order chi connectivity index (χ0) is 31.3. The van der Waals surface area contributed by atoms with Gasteiger partial charge in [-0.15, -0.1) is 0 Å². The van der Waals surface area contributed by atoms with Crippen molar-refractivity contribution in [1.29, 1.82) is 0 Å². The molecule has 0 radical (unpaired) electrons. The molecule has 2 heterocycles. The Bertz CT molecular complexity index is 1150. The predicted octanol–water partition coefficient (Wildman–Crippen LogP) is 5.28. The number of nitrogens with zero attached hydrogens (tertiary/aromatic N) is 3. The van der Waals surface area contributed by atoms with E-state index in [9.17, 15) is 9.59 Å². The average Bonchev–Trinajstić information content (AvgIpc) is 2.96. The van der Waals surface area contributed by atoms with Crippen molar-refractivity contribution >= 4 is 30.7 Å². The van der Waals surface area contributed by atoms with Crippen LogP contribution in [0.5, 0.6) is 0 Å². The summed E-state index contributed by atoms with van der Waals surface area (Å²) < 4.78 is 13.0. The van der Waals surface area contributed by atoms with E-state index in [1.807, 2.05) is 32.6 Å². The number of piperidine rings is 1. The molecule has 236 valence electrons. The summed E-state index contributed by atoms with van der Waals surface area (Å²) in [6, 6.07) is 20.7. The van der Waals surface area contributed by atoms with Crippen molar-refractivity contribution < 1.29 is 18.8 Å². The Balaban J connectivity index is 1.64. The molecule has 7 nitrogen and oxygen atoms in total. The SMILES string of the molecule is C[C@H]1C(=O)N([C@@H](CCN2CCCCC2)CO[Si](c2ccccc2)(c2ccccc2)C(C)(C)C)CCN1C(=O)OC(C)(C)C. The molecule has 0 spiro atoms. The summed E-state index contributed by atoms with van der Waals surface area (Å²) in [6.07, 6.45) is 4.16. The number of hydrogen-bond donors (Lipinski definition) is 0. The first-order valence-electron chi connectivity index (χ1n) is 16.1. The van der Waals surface area contributed by atoms with Crippen LogP contribution in [-0.4, -0.2) is 92.0 Å². The summed E-state index contributed by atoms with van der Waals surface area (Å²) in [4.78, 5) is 33.0.